The number of amides is 1. The van der Waals surface area contributed by atoms with Gasteiger partial charge in [-0.15, -0.1) is 0 Å². The molecule has 0 aliphatic carbocycles. The minimum Gasteiger partial charge on any atom is -0.374 e. The first-order valence-corrected chi connectivity index (χ1v) is 4.31. The van der Waals surface area contributed by atoms with Crippen LogP contribution in [0.3, 0.4) is 0 Å². The number of nitrogens with two attached hydrogens (primary N) is 1. The van der Waals surface area contributed by atoms with Crippen LogP contribution in [0.5, 0.6) is 0 Å². The van der Waals surface area contributed by atoms with E-state index in [0.29, 0.717) is 19.7 Å². The number of morpholine rings is 1. The van der Waals surface area contributed by atoms with Gasteiger partial charge in [-0.3, -0.25) is 4.79 Å². The fourth-order valence-corrected chi connectivity index (χ4v) is 1.37. The molecule has 0 aromatic heterocycles. The van der Waals surface area contributed by atoms with Gasteiger partial charge in [0.1, 0.15) is 0 Å². The summed E-state index contributed by atoms with van der Waals surface area (Å²) in [6.45, 7) is 4.27. The molecule has 1 amide bonds. The molecule has 1 saturated heterocycles. The summed E-state index contributed by atoms with van der Waals surface area (Å²) in [5.74, 6) is 0.125. The van der Waals surface area contributed by atoms with E-state index in [1.54, 1.807) is 6.92 Å². The number of nitrogens with zero attached hydrogens (tertiary/aromatic N) is 1. The number of hydrogen-bond acceptors (Lipinski definition) is 3. The van der Waals surface area contributed by atoms with Crippen molar-refractivity contribution in [3.8, 4) is 0 Å². The lowest BCUT2D eigenvalue weighted by Gasteiger charge is -2.32. The summed E-state index contributed by atoms with van der Waals surface area (Å²) in [6.07, 6.45) is 0.983. The third kappa shape index (κ3) is 2.46. The van der Waals surface area contributed by atoms with Crippen LogP contribution in [-0.4, -0.2) is 43.2 Å². The van der Waals surface area contributed by atoms with E-state index in [2.05, 4.69) is 0 Å². The van der Waals surface area contributed by atoms with E-state index in [9.17, 15) is 4.79 Å². The largest absolute Gasteiger partial charge is 0.374 e. The van der Waals surface area contributed by atoms with Gasteiger partial charge in [0.2, 0.25) is 5.91 Å². The second kappa shape index (κ2) is 4.42. The predicted molar refractivity (Wildman–Crippen MR) is 45.7 cm³/mol. The summed E-state index contributed by atoms with van der Waals surface area (Å²) in [5.41, 5.74) is 5.40. The van der Waals surface area contributed by atoms with Crippen molar-refractivity contribution in [2.24, 2.45) is 5.73 Å². The van der Waals surface area contributed by atoms with Crippen LogP contribution in [0.2, 0.25) is 0 Å². The molecule has 1 unspecified atom stereocenters. The molecule has 1 rings (SSSR count). The minimum atomic E-state index is 0.125. The van der Waals surface area contributed by atoms with E-state index < -0.39 is 0 Å². The summed E-state index contributed by atoms with van der Waals surface area (Å²) in [6, 6.07) is 0. The van der Waals surface area contributed by atoms with Gasteiger partial charge in [-0.1, -0.05) is 0 Å². The quantitative estimate of drug-likeness (QED) is 0.615. The van der Waals surface area contributed by atoms with E-state index in [1.807, 2.05) is 4.90 Å². The zero-order valence-corrected chi connectivity index (χ0v) is 7.45. The van der Waals surface area contributed by atoms with Crippen LogP contribution >= 0.6 is 0 Å². The molecular formula is C8H16N2O2. The first-order chi connectivity index (χ1) is 5.74. The van der Waals surface area contributed by atoms with Gasteiger partial charge in [0.05, 0.1) is 12.7 Å². The van der Waals surface area contributed by atoms with Crippen molar-refractivity contribution in [3.05, 3.63) is 0 Å². The van der Waals surface area contributed by atoms with E-state index in [4.69, 9.17) is 10.5 Å². The van der Waals surface area contributed by atoms with Crippen molar-refractivity contribution >= 4 is 5.91 Å². The van der Waals surface area contributed by atoms with Crippen LogP contribution in [0.1, 0.15) is 13.3 Å². The van der Waals surface area contributed by atoms with Crippen molar-refractivity contribution in [2.45, 2.75) is 19.4 Å². The van der Waals surface area contributed by atoms with Gasteiger partial charge in [-0.25, -0.2) is 0 Å². The number of carbonyl (C=O) groups excluding carboxylic acids is 1. The van der Waals surface area contributed by atoms with Gasteiger partial charge < -0.3 is 15.4 Å². The zero-order chi connectivity index (χ0) is 8.97. The maximum Gasteiger partial charge on any atom is 0.219 e. The summed E-state index contributed by atoms with van der Waals surface area (Å²) < 4.78 is 5.42. The number of ether oxygens (including phenoxy) is 1. The Hall–Kier alpha value is -0.610. The molecule has 4 nitrogen and oxygen atoms in total. The van der Waals surface area contributed by atoms with Crippen LogP contribution < -0.4 is 5.73 Å². The normalized spacial score (nSPS) is 24.2. The van der Waals surface area contributed by atoms with Crippen molar-refractivity contribution in [3.63, 3.8) is 0 Å². The molecule has 0 aromatic carbocycles. The Morgan fingerprint density at radius 3 is 3.08 bits per heavy atom. The first-order valence-electron chi connectivity index (χ1n) is 4.31. The highest BCUT2D eigenvalue weighted by molar-refractivity contribution is 5.73. The molecule has 1 aliphatic heterocycles. The Labute approximate surface area is 72.7 Å². The standard InChI is InChI=1S/C8H16N2O2/c1-7(11)10-4-5-12-8(6-10)2-3-9/h8H,2-6,9H2,1H3. The predicted octanol–water partition coefficient (Wildman–Crippen LogP) is -0.417. The molecule has 0 saturated carbocycles. The van der Waals surface area contributed by atoms with E-state index in [1.165, 1.54) is 0 Å². The van der Waals surface area contributed by atoms with Gasteiger partial charge in [0.15, 0.2) is 0 Å². The van der Waals surface area contributed by atoms with Crippen LogP contribution in [0.4, 0.5) is 0 Å². The van der Waals surface area contributed by atoms with Gasteiger partial charge >= 0.3 is 0 Å². The monoisotopic (exact) mass is 172 g/mol. The van der Waals surface area contributed by atoms with Gasteiger partial charge in [0.25, 0.3) is 0 Å². The lowest BCUT2D eigenvalue weighted by Crippen LogP contribution is -2.45. The molecule has 1 aliphatic rings. The molecule has 1 heterocycles. The Bertz CT molecular complexity index is 159. The lowest BCUT2D eigenvalue weighted by atomic mass is 10.2. The van der Waals surface area contributed by atoms with Crippen LogP contribution in [-0.2, 0) is 9.53 Å². The van der Waals surface area contributed by atoms with E-state index in [0.717, 1.165) is 13.0 Å². The fraction of sp³-hybridized carbons (Fsp3) is 0.875. The van der Waals surface area contributed by atoms with E-state index >= 15 is 0 Å². The maximum atomic E-state index is 11.0. The molecule has 0 radical (unpaired) electrons. The van der Waals surface area contributed by atoms with Gasteiger partial charge in [-0.2, -0.15) is 0 Å². The van der Waals surface area contributed by atoms with Crippen LogP contribution in [0, 0.1) is 0 Å². The molecule has 1 atom stereocenters. The van der Waals surface area contributed by atoms with Crippen LogP contribution in [0.15, 0.2) is 0 Å². The Kier molecular flexibility index (Phi) is 3.49. The molecular weight excluding hydrogens is 156 g/mol. The van der Waals surface area contributed by atoms with Gasteiger partial charge in [0, 0.05) is 20.0 Å². The molecule has 70 valence electrons. The Balaban J connectivity index is 2.35. The van der Waals surface area contributed by atoms with Crippen molar-refractivity contribution in [1.29, 1.82) is 0 Å². The molecule has 0 bridgehead atoms. The van der Waals surface area contributed by atoms with Crippen molar-refractivity contribution in [2.75, 3.05) is 26.2 Å². The number of carbonyl (C=O) groups is 1. The third-order valence-corrected chi connectivity index (χ3v) is 2.07. The highest BCUT2D eigenvalue weighted by Crippen LogP contribution is 2.07. The number of hydrogen-bond donors (Lipinski definition) is 1. The third-order valence-electron chi connectivity index (χ3n) is 2.07. The number of rotatable bonds is 2. The molecule has 1 fully saturated rings. The highest BCUT2D eigenvalue weighted by Gasteiger charge is 2.20. The summed E-state index contributed by atoms with van der Waals surface area (Å²) >= 11 is 0. The fourth-order valence-electron chi connectivity index (χ4n) is 1.37. The SMILES string of the molecule is CC(=O)N1CCOC(CCN)C1. The zero-order valence-electron chi connectivity index (χ0n) is 7.45. The Morgan fingerprint density at radius 1 is 1.75 bits per heavy atom. The average Bonchev–Trinajstić information content (AvgIpc) is 2.05. The molecule has 12 heavy (non-hydrogen) atoms. The molecule has 0 spiro atoms. The molecule has 0 aromatic rings. The summed E-state index contributed by atoms with van der Waals surface area (Å²) in [4.78, 5) is 12.8. The molecule has 2 N–H and O–H groups in total. The summed E-state index contributed by atoms with van der Waals surface area (Å²) in [7, 11) is 0. The molecule has 4 heteroatoms. The smallest absolute Gasteiger partial charge is 0.219 e. The highest BCUT2D eigenvalue weighted by atomic mass is 16.5. The second-order valence-corrected chi connectivity index (χ2v) is 3.04. The van der Waals surface area contributed by atoms with E-state index in [-0.39, 0.29) is 12.0 Å². The Morgan fingerprint density at radius 2 is 2.50 bits per heavy atom. The van der Waals surface area contributed by atoms with Gasteiger partial charge in [-0.05, 0) is 13.0 Å². The van der Waals surface area contributed by atoms with Crippen molar-refractivity contribution in [1.82, 2.24) is 4.90 Å². The first kappa shape index (κ1) is 9.48. The van der Waals surface area contributed by atoms with Crippen molar-refractivity contribution < 1.29 is 9.53 Å². The van der Waals surface area contributed by atoms with Crippen LogP contribution in [0.25, 0.3) is 0 Å². The maximum absolute atomic E-state index is 11.0. The second-order valence-electron chi connectivity index (χ2n) is 3.04. The minimum absolute atomic E-state index is 0.125. The average molecular weight is 172 g/mol. The topological polar surface area (TPSA) is 55.6 Å². The summed E-state index contributed by atoms with van der Waals surface area (Å²) in [5, 5.41) is 0. The lowest BCUT2D eigenvalue weighted by molar-refractivity contribution is -0.136.